The lowest BCUT2D eigenvalue weighted by Gasteiger charge is -2.44. The zero-order chi connectivity index (χ0) is 21.6. The Morgan fingerprint density at radius 1 is 1.20 bits per heavy atom. The SMILES string of the molecule is O=C(NN1C(=O)C(Cl)C1c1ccccc1O)c1cc2cccnc2nc1C(F)(F)F. The summed E-state index contributed by atoms with van der Waals surface area (Å²) in [4.78, 5) is 32.1. The number of phenols is 1. The van der Waals surface area contributed by atoms with Crippen LogP contribution in [-0.4, -0.2) is 37.3 Å². The van der Waals surface area contributed by atoms with E-state index in [4.69, 9.17) is 11.6 Å². The number of nitrogens with one attached hydrogen (secondary N) is 1. The number of hydrogen-bond acceptors (Lipinski definition) is 5. The number of pyridine rings is 2. The highest BCUT2D eigenvalue weighted by molar-refractivity contribution is 6.33. The van der Waals surface area contributed by atoms with Crippen molar-refractivity contribution in [3.8, 4) is 5.75 Å². The van der Waals surface area contributed by atoms with Crippen molar-refractivity contribution in [1.29, 1.82) is 0 Å². The maximum Gasteiger partial charge on any atom is 0.434 e. The van der Waals surface area contributed by atoms with Crippen molar-refractivity contribution < 1.29 is 27.9 Å². The number of hydrogen-bond donors (Lipinski definition) is 2. The van der Waals surface area contributed by atoms with Crippen molar-refractivity contribution >= 4 is 34.4 Å². The second-order valence-corrected chi connectivity index (χ2v) is 6.96. The van der Waals surface area contributed by atoms with Gasteiger partial charge in [0.2, 0.25) is 0 Å². The number of carbonyl (C=O) groups is 2. The Kier molecular flexibility index (Phi) is 4.73. The molecule has 1 aliphatic heterocycles. The van der Waals surface area contributed by atoms with E-state index < -0.39 is 40.7 Å². The fourth-order valence-corrected chi connectivity index (χ4v) is 3.53. The Hall–Kier alpha value is -3.40. The molecule has 2 unspecified atom stereocenters. The highest BCUT2D eigenvalue weighted by Gasteiger charge is 2.50. The number of aromatic hydroxyl groups is 1. The van der Waals surface area contributed by atoms with Gasteiger partial charge in [0.1, 0.15) is 17.2 Å². The van der Waals surface area contributed by atoms with Gasteiger partial charge in [-0.25, -0.2) is 15.0 Å². The summed E-state index contributed by atoms with van der Waals surface area (Å²) in [6.45, 7) is 0. The average Bonchev–Trinajstić information content (AvgIpc) is 2.72. The number of benzene rings is 1. The molecule has 0 spiro atoms. The summed E-state index contributed by atoms with van der Waals surface area (Å²) in [6.07, 6.45) is -3.64. The first-order valence-corrected chi connectivity index (χ1v) is 9.01. The highest BCUT2D eigenvalue weighted by Crippen LogP contribution is 2.41. The zero-order valence-electron chi connectivity index (χ0n) is 14.9. The normalized spacial score (nSPS) is 18.9. The van der Waals surface area contributed by atoms with E-state index in [9.17, 15) is 27.9 Å². The van der Waals surface area contributed by atoms with Gasteiger partial charge in [0.05, 0.1) is 5.56 Å². The molecule has 0 bridgehead atoms. The van der Waals surface area contributed by atoms with Gasteiger partial charge >= 0.3 is 6.18 Å². The standard InChI is InChI=1S/C19H12ClF3N4O3/c20-13-14(10-5-1-2-6-12(10)28)27(18(13)30)26-17(29)11-8-9-4-3-7-24-16(9)25-15(11)19(21,22)23/h1-8,13-14,28H,(H,26,29). The minimum Gasteiger partial charge on any atom is -0.508 e. The van der Waals surface area contributed by atoms with E-state index in [0.29, 0.717) is 0 Å². The van der Waals surface area contributed by atoms with Crippen molar-refractivity contribution in [3.05, 3.63) is 65.5 Å². The second kappa shape index (κ2) is 7.13. The first kappa shape index (κ1) is 19.9. The maximum atomic E-state index is 13.5. The quantitative estimate of drug-likeness (QED) is 0.485. The number of amides is 2. The van der Waals surface area contributed by atoms with Crippen LogP contribution in [0.25, 0.3) is 11.0 Å². The van der Waals surface area contributed by atoms with Gasteiger partial charge in [-0.1, -0.05) is 18.2 Å². The molecule has 1 saturated heterocycles. The summed E-state index contributed by atoms with van der Waals surface area (Å²) in [5.41, 5.74) is 0.0243. The predicted molar refractivity (Wildman–Crippen MR) is 99.3 cm³/mol. The molecule has 7 nitrogen and oxygen atoms in total. The maximum absolute atomic E-state index is 13.5. The van der Waals surface area contributed by atoms with Gasteiger partial charge in [-0.15, -0.1) is 11.6 Å². The first-order valence-electron chi connectivity index (χ1n) is 8.57. The molecule has 3 heterocycles. The van der Waals surface area contributed by atoms with E-state index in [2.05, 4.69) is 15.4 Å². The molecule has 2 amide bonds. The molecule has 2 atom stereocenters. The van der Waals surface area contributed by atoms with Gasteiger partial charge in [0.15, 0.2) is 11.3 Å². The Bertz CT molecular complexity index is 1170. The number of phenolic OH excluding ortho intramolecular Hbond substituents is 1. The molecule has 2 N–H and O–H groups in total. The van der Waals surface area contributed by atoms with Gasteiger partial charge in [-0.05, 0) is 24.3 Å². The molecule has 1 aromatic carbocycles. The molecule has 154 valence electrons. The van der Waals surface area contributed by atoms with E-state index in [1.165, 1.54) is 30.5 Å². The van der Waals surface area contributed by atoms with Crippen LogP contribution in [0.4, 0.5) is 13.2 Å². The van der Waals surface area contributed by atoms with E-state index in [-0.39, 0.29) is 22.3 Å². The molecule has 0 radical (unpaired) electrons. The summed E-state index contributed by atoms with van der Waals surface area (Å²) in [5, 5.41) is 9.93. The lowest BCUT2D eigenvalue weighted by atomic mass is 9.94. The number of carbonyl (C=O) groups excluding carboxylic acids is 2. The van der Waals surface area contributed by atoms with Crippen LogP contribution >= 0.6 is 11.6 Å². The number of fused-ring (bicyclic) bond motifs is 1. The fourth-order valence-electron chi connectivity index (χ4n) is 3.18. The van der Waals surface area contributed by atoms with Gasteiger partial charge in [-0.2, -0.15) is 13.2 Å². The smallest absolute Gasteiger partial charge is 0.434 e. The summed E-state index contributed by atoms with van der Waals surface area (Å²) < 4.78 is 40.5. The van der Waals surface area contributed by atoms with Gasteiger partial charge in [-0.3, -0.25) is 15.0 Å². The Balaban J connectivity index is 1.70. The number of aromatic nitrogens is 2. The largest absolute Gasteiger partial charge is 0.508 e. The predicted octanol–water partition coefficient (Wildman–Crippen LogP) is 3.19. The van der Waals surface area contributed by atoms with E-state index in [1.54, 1.807) is 12.1 Å². The Morgan fingerprint density at radius 2 is 1.93 bits per heavy atom. The molecule has 30 heavy (non-hydrogen) atoms. The fraction of sp³-hybridized carbons (Fsp3) is 0.158. The van der Waals surface area contributed by atoms with Crippen LogP contribution in [0.1, 0.15) is 27.7 Å². The molecule has 4 rings (SSSR count). The average molecular weight is 437 g/mol. The third kappa shape index (κ3) is 3.28. The lowest BCUT2D eigenvalue weighted by Crippen LogP contribution is -2.63. The number of para-hydroxylation sites is 1. The van der Waals surface area contributed by atoms with E-state index in [1.807, 2.05) is 0 Å². The minimum atomic E-state index is -4.93. The number of β-lactam (4-membered cyclic amide) rings is 1. The van der Waals surface area contributed by atoms with Crippen molar-refractivity contribution in [3.63, 3.8) is 0 Å². The Labute approximate surface area is 172 Å². The number of alkyl halides is 4. The molecule has 3 aromatic rings. The summed E-state index contributed by atoms with van der Waals surface area (Å²) >= 11 is 6.02. The van der Waals surface area contributed by atoms with E-state index >= 15 is 0 Å². The van der Waals surface area contributed by atoms with Crippen LogP contribution in [0.2, 0.25) is 0 Å². The van der Waals surface area contributed by atoms with Crippen molar-refractivity contribution in [2.75, 3.05) is 0 Å². The minimum absolute atomic E-state index is 0.172. The van der Waals surface area contributed by atoms with Crippen LogP contribution in [0, 0.1) is 0 Å². The zero-order valence-corrected chi connectivity index (χ0v) is 15.6. The van der Waals surface area contributed by atoms with Crippen molar-refractivity contribution in [2.45, 2.75) is 17.6 Å². The van der Waals surface area contributed by atoms with Crippen molar-refractivity contribution in [1.82, 2.24) is 20.4 Å². The van der Waals surface area contributed by atoms with Crippen molar-refractivity contribution in [2.24, 2.45) is 0 Å². The van der Waals surface area contributed by atoms with Crippen LogP contribution in [0.15, 0.2) is 48.7 Å². The Morgan fingerprint density at radius 3 is 2.63 bits per heavy atom. The van der Waals surface area contributed by atoms with Gasteiger partial charge in [0, 0.05) is 17.1 Å². The third-order valence-corrected chi connectivity index (χ3v) is 5.03. The number of hydrazine groups is 1. The molecular formula is C19H12ClF3N4O3. The molecule has 11 heteroatoms. The first-order chi connectivity index (χ1) is 14.2. The molecule has 1 fully saturated rings. The molecular weight excluding hydrogens is 425 g/mol. The van der Waals surface area contributed by atoms with E-state index in [0.717, 1.165) is 11.1 Å². The van der Waals surface area contributed by atoms with Crippen LogP contribution in [0.3, 0.4) is 0 Å². The van der Waals surface area contributed by atoms with Crippen LogP contribution in [-0.2, 0) is 11.0 Å². The van der Waals surface area contributed by atoms with Crippen LogP contribution in [0.5, 0.6) is 5.75 Å². The molecule has 0 saturated carbocycles. The van der Waals surface area contributed by atoms with Gasteiger partial charge < -0.3 is 5.11 Å². The number of nitrogens with zero attached hydrogens (tertiary/aromatic N) is 3. The molecule has 0 aliphatic carbocycles. The monoisotopic (exact) mass is 436 g/mol. The molecule has 2 aromatic heterocycles. The summed E-state index contributed by atoms with van der Waals surface area (Å²) in [5.74, 6) is -2.09. The third-order valence-electron chi connectivity index (χ3n) is 4.61. The summed E-state index contributed by atoms with van der Waals surface area (Å²) in [7, 11) is 0. The summed E-state index contributed by atoms with van der Waals surface area (Å²) in [6, 6.07) is 9.00. The highest BCUT2D eigenvalue weighted by atomic mass is 35.5. The molecule has 1 aliphatic rings. The van der Waals surface area contributed by atoms with Gasteiger partial charge in [0.25, 0.3) is 11.8 Å². The van der Waals surface area contributed by atoms with Crippen LogP contribution < -0.4 is 5.43 Å². The lowest BCUT2D eigenvalue weighted by molar-refractivity contribution is -0.149. The number of halogens is 4. The number of rotatable bonds is 3. The topological polar surface area (TPSA) is 95.4 Å². The second-order valence-electron chi connectivity index (χ2n) is 6.49.